The number of carbonyl (C=O) groups is 1. The summed E-state index contributed by atoms with van der Waals surface area (Å²) in [7, 11) is 0. The van der Waals surface area contributed by atoms with E-state index >= 15 is 0 Å². The van der Waals surface area contributed by atoms with Gasteiger partial charge < -0.3 is 15.4 Å². The number of ether oxygens (including phenoxy) is 1. The van der Waals surface area contributed by atoms with E-state index in [9.17, 15) is 4.79 Å². The zero-order valence-electron chi connectivity index (χ0n) is 11.3. The van der Waals surface area contributed by atoms with E-state index in [1.165, 1.54) is 5.56 Å². The number of nitrogens with two attached hydrogens (primary N) is 1. The number of nitrogens with zero attached hydrogens (tertiary/aromatic N) is 1. The molecule has 2 aliphatic rings. The number of rotatable bonds is 1. The number of benzene rings is 1. The second-order valence-electron chi connectivity index (χ2n) is 5.45. The molecule has 1 fully saturated rings. The summed E-state index contributed by atoms with van der Waals surface area (Å²) in [6, 6.07) is 5.84. The van der Waals surface area contributed by atoms with Gasteiger partial charge in [-0.25, -0.2) is 0 Å². The molecule has 0 radical (unpaired) electrons. The molecule has 4 nitrogen and oxygen atoms in total. The third kappa shape index (κ3) is 2.21. The van der Waals surface area contributed by atoms with Crippen molar-refractivity contribution in [1.82, 2.24) is 0 Å². The zero-order valence-corrected chi connectivity index (χ0v) is 11.3. The van der Waals surface area contributed by atoms with Gasteiger partial charge in [-0.15, -0.1) is 0 Å². The Morgan fingerprint density at radius 3 is 3.05 bits per heavy atom. The molecular formula is C15H20N2O2. The number of anilines is 2. The molecule has 102 valence electrons. The number of hydrogen-bond acceptors (Lipinski definition) is 3. The van der Waals surface area contributed by atoms with E-state index < -0.39 is 0 Å². The second-order valence-corrected chi connectivity index (χ2v) is 5.45. The monoisotopic (exact) mass is 260 g/mol. The average molecular weight is 260 g/mol. The summed E-state index contributed by atoms with van der Waals surface area (Å²) in [5.41, 5.74) is 8.81. The van der Waals surface area contributed by atoms with Gasteiger partial charge in [0.25, 0.3) is 0 Å². The molecule has 2 heterocycles. The van der Waals surface area contributed by atoms with Gasteiger partial charge in [-0.1, -0.05) is 0 Å². The van der Waals surface area contributed by atoms with Gasteiger partial charge in [-0.05, 0) is 49.9 Å². The van der Waals surface area contributed by atoms with Gasteiger partial charge in [-0.3, -0.25) is 4.79 Å². The molecule has 0 aliphatic carbocycles. The van der Waals surface area contributed by atoms with Gasteiger partial charge in [-0.2, -0.15) is 0 Å². The molecular weight excluding hydrogens is 240 g/mol. The van der Waals surface area contributed by atoms with Crippen LogP contribution in [0.25, 0.3) is 0 Å². The number of hydrogen-bond donors (Lipinski definition) is 1. The minimum Gasteiger partial charge on any atom is -0.399 e. The molecule has 2 N–H and O–H groups in total. The van der Waals surface area contributed by atoms with Crippen molar-refractivity contribution in [1.29, 1.82) is 0 Å². The fraction of sp³-hybridized carbons (Fsp3) is 0.533. The highest BCUT2D eigenvalue weighted by atomic mass is 16.5. The smallest absolute Gasteiger partial charge is 0.232 e. The Bertz CT molecular complexity index is 501. The van der Waals surface area contributed by atoms with Crippen molar-refractivity contribution in [2.24, 2.45) is 5.92 Å². The van der Waals surface area contributed by atoms with Crippen molar-refractivity contribution in [3.05, 3.63) is 23.8 Å². The van der Waals surface area contributed by atoms with Crippen LogP contribution in [0.3, 0.4) is 0 Å². The first kappa shape index (κ1) is 12.5. The summed E-state index contributed by atoms with van der Waals surface area (Å²) in [6.45, 7) is 3.49. The summed E-state index contributed by atoms with van der Waals surface area (Å²) < 4.78 is 5.52. The van der Waals surface area contributed by atoms with E-state index in [4.69, 9.17) is 10.5 Å². The van der Waals surface area contributed by atoms with Crippen molar-refractivity contribution >= 4 is 17.3 Å². The van der Waals surface area contributed by atoms with E-state index in [1.54, 1.807) is 0 Å². The van der Waals surface area contributed by atoms with Crippen LogP contribution in [0.2, 0.25) is 0 Å². The molecule has 2 atom stereocenters. The fourth-order valence-electron chi connectivity index (χ4n) is 3.10. The normalized spacial score (nSPS) is 26.3. The number of amides is 1. The largest absolute Gasteiger partial charge is 0.399 e. The molecule has 0 bridgehead atoms. The molecule has 2 aliphatic heterocycles. The summed E-state index contributed by atoms with van der Waals surface area (Å²) >= 11 is 0. The summed E-state index contributed by atoms with van der Waals surface area (Å²) in [5.74, 6) is 0.208. The van der Waals surface area contributed by atoms with Gasteiger partial charge in [0.2, 0.25) is 5.91 Å². The van der Waals surface area contributed by atoms with E-state index in [0.29, 0.717) is 6.61 Å². The van der Waals surface area contributed by atoms with Crippen LogP contribution in [0, 0.1) is 5.92 Å². The van der Waals surface area contributed by atoms with Crippen molar-refractivity contribution in [3.63, 3.8) is 0 Å². The lowest BCUT2D eigenvalue weighted by atomic mass is 9.96. The summed E-state index contributed by atoms with van der Waals surface area (Å²) in [4.78, 5) is 14.6. The minimum atomic E-state index is 0.00324. The van der Waals surface area contributed by atoms with Crippen LogP contribution in [0.15, 0.2) is 18.2 Å². The lowest BCUT2D eigenvalue weighted by Gasteiger charge is -2.32. The van der Waals surface area contributed by atoms with Crippen LogP contribution in [-0.4, -0.2) is 25.2 Å². The number of nitrogen functional groups attached to an aromatic ring is 1. The highest BCUT2D eigenvalue weighted by Gasteiger charge is 2.35. The van der Waals surface area contributed by atoms with Crippen LogP contribution in [0.5, 0.6) is 0 Å². The second kappa shape index (κ2) is 4.85. The lowest BCUT2D eigenvalue weighted by molar-refractivity contribution is -0.123. The fourth-order valence-corrected chi connectivity index (χ4v) is 3.10. The van der Waals surface area contributed by atoms with Crippen LogP contribution in [0.1, 0.15) is 25.3 Å². The first-order valence-electron chi connectivity index (χ1n) is 6.98. The van der Waals surface area contributed by atoms with Gasteiger partial charge in [0, 0.05) is 24.5 Å². The van der Waals surface area contributed by atoms with Crippen molar-refractivity contribution < 1.29 is 9.53 Å². The third-order valence-electron chi connectivity index (χ3n) is 4.18. The zero-order chi connectivity index (χ0) is 13.4. The Hall–Kier alpha value is -1.55. The molecule has 1 aromatic rings. The Labute approximate surface area is 113 Å². The highest BCUT2D eigenvalue weighted by Crippen LogP contribution is 2.32. The van der Waals surface area contributed by atoms with Crippen molar-refractivity contribution in [2.75, 3.05) is 23.8 Å². The molecule has 0 aromatic heterocycles. The molecule has 19 heavy (non-hydrogen) atoms. The highest BCUT2D eigenvalue weighted by molar-refractivity contribution is 5.96. The number of carbonyl (C=O) groups excluding carboxylic acids is 1. The van der Waals surface area contributed by atoms with Crippen LogP contribution < -0.4 is 10.6 Å². The average Bonchev–Trinajstić information content (AvgIpc) is 2.83. The molecule has 3 rings (SSSR count). The standard InChI is InChI=1S/C15H20N2O2/c1-10-13(6-8-19-10)15(18)17-7-2-3-11-9-12(16)4-5-14(11)17/h4-5,9-10,13H,2-3,6-8,16H2,1H3. The number of fused-ring (bicyclic) bond motifs is 1. The van der Waals surface area contributed by atoms with E-state index in [0.717, 1.165) is 37.2 Å². The summed E-state index contributed by atoms with van der Waals surface area (Å²) in [5, 5.41) is 0. The van der Waals surface area contributed by atoms with Crippen LogP contribution in [-0.2, 0) is 16.0 Å². The molecule has 1 amide bonds. The Kier molecular flexibility index (Phi) is 3.19. The lowest BCUT2D eigenvalue weighted by Crippen LogP contribution is -2.41. The van der Waals surface area contributed by atoms with Gasteiger partial charge in [0.1, 0.15) is 0 Å². The molecule has 4 heteroatoms. The van der Waals surface area contributed by atoms with Gasteiger partial charge >= 0.3 is 0 Å². The van der Waals surface area contributed by atoms with E-state index in [2.05, 4.69) is 0 Å². The van der Waals surface area contributed by atoms with E-state index in [-0.39, 0.29) is 17.9 Å². The summed E-state index contributed by atoms with van der Waals surface area (Å²) in [6.07, 6.45) is 2.87. The molecule has 0 saturated carbocycles. The topological polar surface area (TPSA) is 55.6 Å². The SMILES string of the molecule is CC1OCCC1C(=O)N1CCCc2cc(N)ccc21. The first-order valence-corrected chi connectivity index (χ1v) is 6.98. The van der Waals surface area contributed by atoms with Crippen molar-refractivity contribution in [2.45, 2.75) is 32.3 Å². The molecule has 0 spiro atoms. The predicted octanol–water partition coefficient (Wildman–Crippen LogP) is 1.97. The number of aryl methyl sites for hydroxylation is 1. The minimum absolute atomic E-state index is 0.00324. The molecule has 1 saturated heterocycles. The van der Waals surface area contributed by atoms with Crippen LogP contribution >= 0.6 is 0 Å². The Morgan fingerprint density at radius 2 is 2.32 bits per heavy atom. The maximum Gasteiger partial charge on any atom is 0.232 e. The first-order chi connectivity index (χ1) is 9.16. The third-order valence-corrected chi connectivity index (χ3v) is 4.18. The van der Waals surface area contributed by atoms with E-state index in [1.807, 2.05) is 30.0 Å². The van der Waals surface area contributed by atoms with Crippen molar-refractivity contribution in [3.8, 4) is 0 Å². The Balaban J connectivity index is 1.89. The molecule has 2 unspecified atom stereocenters. The maximum atomic E-state index is 12.7. The maximum absolute atomic E-state index is 12.7. The van der Waals surface area contributed by atoms with Crippen LogP contribution in [0.4, 0.5) is 11.4 Å². The van der Waals surface area contributed by atoms with Gasteiger partial charge in [0.05, 0.1) is 12.0 Å². The molecule has 1 aromatic carbocycles. The predicted molar refractivity (Wildman–Crippen MR) is 75.0 cm³/mol. The Morgan fingerprint density at radius 1 is 1.47 bits per heavy atom. The van der Waals surface area contributed by atoms with Gasteiger partial charge in [0.15, 0.2) is 0 Å². The quantitative estimate of drug-likeness (QED) is 0.785.